The molecule has 0 aromatic rings. The smallest absolute Gasteiger partial charge is 0.0362 e. The van der Waals surface area contributed by atoms with Gasteiger partial charge in [0.1, 0.15) is 0 Å². The largest absolute Gasteiger partial charge is 0.308 e. The molecule has 1 aliphatic heterocycles. The van der Waals surface area contributed by atoms with Crippen LogP contribution in [-0.2, 0) is 10.8 Å². The lowest BCUT2D eigenvalue weighted by Crippen LogP contribution is -2.63. The summed E-state index contributed by atoms with van der Waals surface area (Å²) in [5, 5.41) is 3.72. The van der Waals surface area contributed by atoms with E-state index in [0.717, 1.165) is 37.1 Å². The van der Waals surface area contributed by atoms with Gasteiger partial charge in [-0.2, -0.15) is 0 Å². The Hall–Kier alpha value is 0.0700. The van der Waals surface area contributed by atoms with E-state index in [0.29, 0.717) is 11.6 Å². The van der Waals surface area contributed by atoms with Gasteiger partial charge in [-0.1, -0.05) is 6.92 Å². The van der Waals surface area contributed by atoms with Gasteiger partial charge in [-0.05, 0) is 32.6 Å². The van der Waals surface area contributed by atoms with Gasteiger partial charge in [0.25, 0.3) is 0 Å². The van der Waals surface area contributed by atoms with Crippen molar-refractivity contribution in [3.05, 3.63) is 0 Å². The molecule has 0 radical (unpaired) electrons. The van der Waals surface area contributed by atoms with Gasteiger partial charge in [-0.15, -0.1) is 0 Å². The maximum atomic E-state index is 11.5. The van der Waals surface area contributed by atoms with E-state index in [1.165, 1.54) is 12.8 Å². The van der Waals surface area contributed by atoms with Gasteiger partial charge in [-0.3, -0.25) is 9.11 Å². The minimum atomic E-state index is -0.626. The van der Waals surface area contributed by atoms with E-state index in [-0.39, 0.29) is 0 Å². The first kappa shape index (κ1) is 13.5. The summed E-state index contributed by atoms with van der Waals surface area (Å²) in [5.41, 5.74) is 0.306. The van der Waals surface area contributed by atoms with Crippen molar-refractivity contribution in [1.82, 2.24) is 10.2 Å². The summed E-state index contributed by atoms with van der Waals surface area (Å²) in [5.74, 6) is 2.50. The van der Waals surface area contributed by atoms with Crippen molar-refractivity contribution in [3.63, 3.8) is 0 Å². The molecule has 2 rings (SSSR count). The molecule has 4 heteroatoms. The van der Waals surface area contributed by atoms with Crippen LogP contribution in [0, 0.1) is 5.92 Å². The van der Waals surface area contributed by atoms with Crippen LogP contribution in [0.25, 0.3) is 0 Å². The molecular weight excluding hydrogens is 232 g/mol. The fourth-order valence-electron chi connectivity index (χ4n) is 2.80. The Balaban J connectivity index is 1.88. The normalized spacial score (nSPS) is 37.0. The Labute approximate surface area is 108 Å². The first-order valence-electron chi connectivity index (χ1n) is 6.89. The number of nitrogens with one attached hydrogen (secondary N) is 1. The molecule has 0 aromatic carbocycles. The highest BCUT2D eigenvalue weighted by Crippen LogP contribution is 2.41. The van der Waals surface area contributed by atoms with Crippen LogP contribution in [0.5, 0.6) is 0 Å². The zero-order valence-electron chi connectivity index (χ0n) is 11.4. The maximum Gasteiger partial charge on any atom is 0.0362 e. The van der Waals surface area contributed by atoms with E-state index in [9.17, 15) is 4.21 Å². The summed E-state index contributed by atoms with van der Waals surface area (Å²) in [6.07, 6.45) is 2.76. The van der Waals surface area contributed by atoms with E-state index in [1.807, 2.05) is 6.92 Å². The van der Waals surface area contributed by atoms with Crippen LogP contribution in [0.15, 0.2) is 0 Å². The molecule has 0 aromatic heterocycles. The summed E-state index contributed by atoms with van der Waals surface area (Å²) in [4.78, 5) is 2.53. The zero-order chi connectivity index (χ0) is 12.5. The molecule has 3 unspecified atom stereocenters. The maximum absolute atomic E-state index is 11.5. The van der Waals surface area contributed by atoms with Crippen LogP contribution in [0.3, 0.4) is 0 Å². The molecular formula is C13H26N2OS. The number of nitrogens with zero attached hydrogens (tertiary/aromatic N) is 1. The van der Waals surface area contributed by atoms with E-state index in [1.54, 1.807) is 0 Å². The lowest BCUT2D eigenvalue weighted by atomic mass is 9.91. The van der Waals surface area contributed by atoms with Gasteiger partial charge in [0, 0.05) is 53.5 Å². The minimum Gasteiger partial charge on any atom is -0.308 e. The average molecular weight is 258 g/mol. The fraction of sp³-hybridized carbons (Fsp3) is 1.00. The van der Waals surface area contributed by atoms with Gasteiger partial charge in [-0.25, -0.2) is 0 Å². The van der Waals surface area contributed by atoms with Crippen LogP contribution in [0.2, 0.25) is 0 Å². The van der Waals surface area contributed by atoms with Gasteiger partial charge in [0.05, 0.1) is 0 Å². The van der Waals surface area contributed by atoms with Crippen molar-refractivity contribution in [2.75, 3.05) is 31.1 Å². The first-order valence-corrected chi connectivity index (χ1v) is 8.38. The van der Waals surface area contributed by atoms with Crippen LogP contribution >= 0.6 is 0 Å². The molecule has 0 spiro atoms. The summed E-state index contributed by atoms with van der Waals surface area (Å²) in [6.45, 7) is 9.83. The summed E-state index contributed by atoms with van der Waals surface area (Å²) >= 11 is 0. The molecule has 0 bridgehead atoms. The number of piperazine rings is 1. The molecule has 1 heterocycles. The number of hydrogen-bond donors (Lipinski definition) is 1. The molecule has 2 aliphatic rings. The van der Waals surface area contributed by atoms with Gasteiger partial charge >= 0.3 is 0 Å². The standard InChI is InChI=1S/C13H26N2OS/c1-4-17(16)8-7-15-10-13(3,12-5-6-12)14-9-11(15)2/h11-12,14H,4-10H2,1-3H3. The number of rotatable bonds is 5. The summed E-state index contributed by atoms with van der Waals surface area (Å²) in [7, 11) is -0.626. The van der Waals surface area contributed by atoms with Crippen molar-refractivity contribution in [2.24, 2.45) is 5.92 Å². The molecule has 0 amide bonds. The number of hydrogen-bond acceptors (Lipinski definition) is 3. The lowest BCUT2D eigenvalue weighted by molar-refractivity contribution is 0.0892. The Kier molecular flexibility index (Phi) is 4.26. The molecule has 3 atom stereocenters. The van der Waals surface area contributed by atoms with Crippen molar-refractivity contribution in [3.8, 4) is 0 Å². The van der Waals surface area contributed by atoms with Gasteiger partial charge < -0.3 is 5.32 Å². The molecule has 1 N–H and O–H groups in total. The second-order valence-electron chi connectivity index (χ2n) is 5.82. The van der Waals surface area contributed by atoms with Gasteiger partial charge in [0.2, 0.25) is 0 Å². The third-order valence-electron chi connectivity index (χ3n) is 4.36. The third kappa shape index (κ3) is 3.30. The molecule has 3 nitrogen and oxygen atoms in total. The molecule has 2 fully saturated rings. The highest BCUT2D eigenvalue weighted by molar-refractivity contribution is 7.84. The minimum absolute atomic E-state index is 0.306. The van der Waals surface area contributed by atoms with E-state index in [4.69, 9.17) is 0 Å². The Morgan fingerprint density at radius 1 is 1.47 bits per heavy atom. The summed E-state index contributed by atoms with van der Waals surface area (Å²) < 4.78 is 11.5. The zero-order valence-corrected chi connectivity index (χ0v) is 12.2. The van der Waals surface area contributed by atoms with E-state index in [2.05, 4.69) is 24.1 Å². The molecule has 1 aliphatic carbocycles. The van der Waals surface area contributed by atoms with E-state index >= 15 is 0 Å². The highest BCUT2D eigenvalue weighted by Gasteiger charge is 2.45. The quantitative estimate of drug-likeness (QED) is 0.805. The average Bonchev–Trinajstić information content (AvgIpc) is 3.14. The Morgan fingerprint density at radius 2 is 2.18 bits per heavy atom. The predicted molar refractivity (Wildman–Crippen MR) is 73.7 cm³/mol. The van der Waals surface area contributed by atoms with Gasteiger partial charge in [0.15, 0.2) is 0 Å². The Morgan fingerprint density at radius 3 is 2.76 bits per heavy atom. The van der Waals surface area contributed by atoms with Crippen molar-refractivity contribution < 1.29 is 4.21 Å². The van der Waals surface area contributed by atoms with Crippen molar-refractivity contribution in [2.45, 2.75) is 45.2 Å². The van der Waals surface area contributed by atoms with Crippen LogP contribution in [0.1, 0.15) is 33.6 Å². The second kappa shape index (κ2) is 5.37. The topological polar surface area (TPSA) is 32.3 Å². The molecule has 17 heavy (non-hydrogen) atoms. The van der Waals surface area contributed by atoms with E-state index < -0.39 is 10.8 Å². The van der Waals surface area contributed by atoms with Crippen LogP contribution in [-0.4, -0.2) is 51.8 Å². The van der Waals surface area contributed by atoms with Crippen molar-refractivity contribution in [1.29, 1.82) is 0 Å². The summed E-state index contributed by atoms with van der Waals surface area (Å²) in [6, 6.07) is 0.579. The fourth-order valence-corrected chi connectivity index (χ4v) is 3.53. The SMILES string of the molecule is CCS(=O)CCN1CC(C)(C2CC2)NCC1C. The monoisotopic (exact) mass is 258 g/mol. The molecule has 1 saturated carbocycles. The molecule has 1 saturated heterocycles. The highest BCUT2D eigenvalue weighted by atomic mass is 32.2. The third-order valence-corrected chi connectivity index (χ3v) is 5.64. The molecule has 100 valence electrons. The second-order valence-corrected chi connectivity index (χ2v) is 7.69. The first-order chi connectivity index (χ1) is 8.05. The lowest BCUT2D eigenvalue weighted by Gasteiger charge is -2.45. The van der Waals surface area contributed by atoms with Crippen LogP contribution in [0.4, 0.5) is 0 Å². The Bertz CT molecular complexity index is 293. The van der Waals surface area contributed by atoms with Crippen LogP contribution < -0.4 is 5.32 Å². The predicted octanol–water partition coefficient (Wildman–Crippen LogP) is 1.22. The van der Waals surface area contributed by atoms with Crippen molar-refractivity contribution >= 4 is 10.8 Å².